The van der Waals surface area contributed by atoms with E-state index in [1.54, 1.807) is 0 Å². The summed E-state index contributed by atoms with van der Waals surface area (Å²) >= 11 is 0. The predicted molar refractivity (Wildman–Crippen MR) is 118 cm³/mol. The zero-order valence-electron chi connectivity index (χ0n) is 16.3. The second kappa shape index (κ2) is 7.95. The number of hydrazine groups is 1. The third-order valence-electron chi connectivity index (χ3n) is 4.97. The van der Waals surface area contributed by atoms with Crippen molar-refractivity contribution in [2.24, 2.45) is 5.84 Å². The van der Waals surface area contributed by atoms with E-state index in [4.69, 9.17) is 15.1 Å². The Labute approximate surface area is 175 Å². The summed E-state index contributed by atoms with van der Waals surface area (Å²) in [6, 6.07) is 21.6. The molecule has 1 aliphatic heterocycles. The molecule has 3 aromatic carbocycles. The van der Waals surface area contributed by atoms with Gasteiger partial charge in [-0.05, 0) is 35.4 Å². The molecular formula is C23H22N2O4S. The van der Waals surface area contributed by atoms with Crippen molar-refractivity contribution in [3.8, 4) is 11.5 Å². The zero-order chi connectivity index (χ0) is 21.3. The van der Waals surface area contributed by atoms with E-state index in [0.717, 1.165) is 32.9 Å². The lowest BCUT2D eigenvalue weighted by molar-refractivity contribution is 0.471. The SMILES string of the molecule is C=c1ccc2c(c1)Oc1cc(N(N)CCCS(=O)(=O)O)ccc1C=2c1ccccc1. The van der Waals surface area contributed by atoms with Crippen LogP contribution in [0.2, 0.25) is 0 Å². The van der Waals surface area contributed by atoms with Crippen LogP contribution in [0.3, 0.4) is 0 Å². The average molecular weight is 423 g/mol. The van der Waals surface area contributed by atoms with Gasteiger partial charge in [-0.2, -0.15) is 8.42 Å². The molecular weight excluding hydrogens is 400 g/mol. The van der Waals surface area contributed by atoms with Gasteiger partial charge in [0.2, 0.25) is 0 Å². The van der Waals surface area contributed by atoms with Gasteiger partial charge in [0.25, 0.3) is 10.1 Å². The highest BCUT2D eigenvalue weighted by Gasteiger charge is 2.21. The molecule has 30 heavy (non-hydrogen) atoms. The molecule has 6 nitrogen and oxygen atoms in total. The van der Waals surface area contributed by atoms with Crippen LogP contribution in [0.25, 0.3) is 12.2 Å². The van der Waals surface area contributed by atoms with Gasteiger partial charge >= 0.3 is 0 Å². The number of anilines is 1. The molecule has 3 aromatic rings. The summed E-state index contributed by atoms with van der Waals surface area (Å²) in [5.74, 6) is 7.15. The van der Waals surface area contributed by atoms with Gasteiger partial charge in [0.1, 0.15) is 11.5 Å². The minimum absolute atomic E-state index is 0.211. The summed E-state index contributed by atoms with van der Waals surface area (Å²) in [5.41, 5.74) is 3.77. The Hall–Kier alpha value is -3.13. The van der Waals surface area contributed by atoms with Gasteiger partial charge in [-0.3, -0.25) is 4.55 Å². The Morgan fingerprint density at radius 1 is 1.00 bits per heavy atom. The Balaban J connectivity index is 1.75. The van der Waals surface area contributed by atoms with Gasteiger partial charge in [0, 0.05) is 29.0 Å². The number of rotatable bonds is 6. The maximum atomic E-state index is 10.9. The second-order valence-corrected chi connectivity index (χ2v) is 8.76. The molecule has 0 aromatic heterocycles. The molecule has 3 N–H and O–H groups in total. The summed E-state index contributed by atoms with van der Waals surface area (Å²) in [6.45, 7) is 4.27. The molecule has 154 valence electrons. The number of hydrogen-bond acceptors (Lipinski definition) is 5. The second-order valence-electron chi connectivity index (χ2n) is 7.19. The summed E-state index contributed by atoms with van der Waals surface area (Å²) in [7, 11) is -4.01. The fourth-order valence-electron chi connectivity index (χ4n) is 3.56. The van der Waals surface area contributed by atoms with Gasteiger partial charge in [-0.25, -0.2) is 5.84 Å². The van der Waals surface area contributed by atoms with Crippen molar-refractivity contribution in [2.75, 3.05) is 17.3 Å². The van der Waals surface area contributed by atoms with E-state index in [0.29, 0.717) is 11.4 Å². The van der Waals surface area contributed by atoms with Gasteiger partial charge in [-0.1, -0.05) is 49.0 Å². The molecule has 0 fully saturated rings. The quantitative estimate of drug-likeness (QED) is 0.282. The Kier molecular flexibility index (Phi) is 5.34. The highest BCUT2D eigenvalue weighted by Crippen LogP contribution is 2.37. The van der Waals surface area contributed by atoms with Crippen LogP contribution < -0.4 is 26.0 Å². The number of fused-ring (bicyclic) bond motifs is 2. The normalized spacial score (nSPS) is 12.7. The minimum atomic E-state index is -4.01. The lowest BCUT2D eigenvalue weighted by Crippen LogP contribution is -2.33. The molecule has 0 bridgehead atoms. The predicted octanol–water partition coefficient (Wildman–Crippen LogP) is 2.41. The summed E-state index contributed by atoms with van der Waals surface area (Å²) in [4.78, 5) is 0. The summed E-state index contributed by atoms with van der Waals surface area (Å²) in [5, 5.41) is 3.29. The minimum Gasteiger partial charge on any atom is -0.456 e. The highest BCUT2D eigenvalue weighted by molar-refractivity contribution is 7.85. The fraction of sp³-hybridized carbons (Fsp3) is 0.130. The third kappa shape index (κ3) is 4.23. The smallest absolute Gasteiger partial charge is 0.264 e. The van der Waals surface area contributed by atoms with E-state index in [1.165, 1.54) is 5.01 Å². The van der Waals surface area contributed by atoms with Crippen molar-refractivity contribution < 1.29 is 17.7 Å². The largest absolute Gasteiger partial charge is 0.456 e. The van der Waals surface area contributed by atoms with E-state index in [1.807, 2.05) is 54.6 Å². The molecule has 0 saturated carbocycles. The molecule has 0 spiro atoms. The average Bonchev–Trinajstić information content (AvgIpc) is 2.71. The van der Waals surface area contributed by atoms with Crippen molar-refractivity contribution >= 4 is 28.0 Å². The van der Waals surface area contributed by atoms with Crippen LogP contribution in [-0.2, 0) is 10.1 Å². The van der Waals surface area contributed by atoms with Crippen LogP contribution in [0.5, 0.6) is 11.5 Å². The fourth-order valence-corrected chi connectivity index (χ4v) is 4.06. The molecule has 0 atom stereocenters. The molecule has 1 heterocycles. The van der Waals surface area contributed by atoms with E-state index in [-0.39, 0.29) is 18.7 Å². The van der Waals surface area contributed by atoms with Crippen LogP contribution >= 0.6 is 0 Å². The number of ether oxygens (including phenoxy) is 1. The number of nitrogens with zero attached hydrogens (tertiary/aromatic N) is 1. The Bertz CT molecular complexity index is 1300. The molecule has 0 aliphatic carbocycles. The molecule has 1 aliphatic rings. The summed E-state index contributed by atoms with van der Waals surface area (Å²) < 4.78 is 36.9. The first kappa shape index (κ1) is 20.2. The van der Waals surface area contributed by atoms with Gasteiger partial charge in [-0.15, -0.1) is 0 Å². The number of hydrogen-bond donors (Lipinski definition) is 2. The van der Waals surface area contributed by atoms with Crippen LogP contribution in [-0.4, -0.2) is 25.3 Å². The first-order chi connectivity index (χ1) is 14.3. The first-order valence-corrected chi connectivity index (χ1v) is 11.1. The van der Waals surface area contributed by atoms with Crippen molar-refractivity contribution in [1.82, 2.24) is 0 Å². The van der Waals surface area contributed by atoms with E-state index < -0.39 is 10.1 Å². The van der Waals surface area contributed by atoms with Crippen LogP contribution in [0.4, 0.5) is 5.69 Å². The van der Waals surface area contributed by atoms with Crippen molar-refractivity contribution in [3.05, 3.63) is 88.3 Å². The standard InChI is InChI=1S/C23H22N2O4S/c1-16-8-10-19-21(14-16)29-22-15-18(25(24)12-5-13-30(26,27)28)9-11-20(22)23(19)17-6-3-2-4-7-17/h2-4,6-11,14-15H,1,5,12-13,24H2,(H,26,27,28). The molecule has 0 amide bonds. The van der Waals surface area contributed by atoms with E-state index in [2.05, 4.69) is 18.7 Å². The first-order valence-electron chi connectivity index (χ1n) is 9.50. The van der Waals surface area contributed by atoms with Crippen molar-refractivity contribution in [1.29, 1.82) is 0 Å². The van der Waals surface area contributed by atoms with Crippen LogP contribution in [0.1, 0.15) is 17.5 Å². The molecule has 0 saturated heterocycles. The monoisotopic (exact) mass is 422 g/mol. The van der Waals surface area contributed by atoms with Crippen LogP contribution in [0, 0.1) is 0 Å². The van der Waals surface area contributed by atoms with E-state index >= 15 is 0 Å². The Morgan fingerprint density at radius 3 is 2.50 bits per heavy atom. The van der Waals surface area contributed by atoms with Crippen molar-refractivity contribution in [3.63, 3.8) is 0 Å². The number of nitrogens with two attached hydrogens (primary N) is 1. The molecule has 4 rings (SSSR count). The third-order valence-corrected chi connectivity index (χ3v) is 5.77. The summed E-state index contributed by atoms with van der Waals surface area (Å²) in [6.07, 6.45) is 0.211. The molecule has 7 heteroatoms. The van der Waals surface area contributed by atoms with Crippen molar-refractivity contribution in [2.45, 2.75) is 6.42 Å². The van der Waals surface area contributed by atoms with Crippen LogP contribution in [0.15, 0.2) is 66.7 Å². The van der Waals surface area contributed by atoms with Gasteiger partial charge in [0.05, 0.1) is 11.4 Å². The van der Waals surface area contributed by atoms with E-state index in [9.17, 15) is 8.42 Å². The van der Waals surface area contributed by atoms with Gasteiger partial charge in [0.15, 0.2) is 0 Å². The lowest BCUT2D eigenvalue weighted by atomic mass is 9.92. The maximum Gasteiger partial charge on any atom is 0.264 e. The maximum absolute atomic E-state index is 10.9. The lowest BCUT2D eigenvalue weighted by Gasteiger charge is -2.24. The zero-order valence-corrected chi connectivity index (χ0v) is 17.1. The number of benzene rings is 3. The van der Waals surface area contributed by atoms with Gasteiger partial charge < -0.3 is 9.75 Å². The topological polar surface area (TPSA) is 92.9 Å². The molecule has 0 unspecified atom stereocenters. The Morgan fingerprint density at radius 2 is 1.77 bits per heavy atom. The highest BCUT2D eigenvalue weighted by atomic mass is 32.2. The molecule has 0 radical (unpaired) electrons.